The molecule has 0 aliphatic heterocycles. The van der Waals surface area contributed by atoms with Gasteiger partial charge >= 0.3 is 0 Å². The number of hydrogen-bond acceptors (Lipinski definition) is 1. The van der Waals surface area contributed by atoms with Gasteiger partial charge in [-0.15, -0.1) is 11.6 Å². The fourth-order valence-electron chi connectivity index (χ4n) is 3.01. The van der Waals surface area contributed by atoms with Crippen LogP contribution in [0, 0.1) is 17.8 Å². The van der Waals surface area contributed by atoms with Crippen molar-refractivity contribution in [3.05, 3.63) is 35.4 Å². The van der Waals surface area contributed by atoms with Gasteiger partial charge in [0.1, 0.15) is 0 Å². The molecule has 2 saturated carbocycles. The van der Waals surface area contributed by atoms with Gasteiger partial charge in [-0.05, 0) is 42.2 Å². The van der Waals surface area contributed by atoms with Crippen molar-refractivity contribution < 1.29 is 4.79 Å². The summed E-state index contributed by atoms with van der Waals surface area (Å²) >= 11 is 5.74. The van der Waals surface area contributed by atoms with E-state index in [1.54, 1.807) is 0 Å². The van der Waals surface area contributed by atoms with Gasteiger partial charge < -0.3 is 5.32 Å². The Morgan fingerprint density at radius 2 is 1.72 bits per heavy atom. The van der Waals surface area contributed by atoms with Crippen molar-refractivity contribution >= 4 is 17.5 Å². The Kier molecular flexibility index (Phi) is 3.29. The fourth-order valence-corrected chi connectivity index (χ4v) is 3.19. The van der Waals surface area contributed by atoms with Crippen molar-refractivity contribution in [1.82, 2.24) is 5.32 Å². The van der Waals surface area contributed by atoms with Crippen LogP contribution in [0.15, 0.2) is 24.3 Å². The summed E-state index contributed by atoms with van der Waals surface area (Å²) in [6.45, 7) is 0.632. The van der Waals surface area contributed by atoms with Crippen molar-refractivity contribution in [2.45, 2.75) is 31.7 Å². The number of fused-ring (bicyclic) bond motifs is 1. The number of halogens is 1. The first-order chi connectivity index (χ1) is 8.76. The summed E-state index contributed by atoms with van der Waals surface area (Å²) in [5.41, 5.74) is 2.25. The lowest BCUT2D eigenvalue weighted by atomic mass is 10.0. The molecule has 3 heteroatoms. The average molecular weight is 264 g/mol. The Labute approximate surface area is 113 Å². The quantitative estimate of drug-likeness (QED) is 0.831. The van der Waals surface area contributed by atoms with Crippen LogP contribution in [0.3, 0.4) is 0 Å². The predicted molar refractivity (Wildman–Crippen MR) is 72.2 cm³/mol. The molecule has 2 aliphatic rings. The zero-order chi connectivity index (χ0) is 12.5. The summed E-state index contributed by atoms with van der Waals surface area (Å²) < 4.78 is 0. The molecule has 1 aromatic carbocycles. The molecule has 2 aliphatic carbocycles. The molecule has 18 heavy (non-hydrogen) atoms. The van der Waals surface area contributed by atoms with Gasteiger partial charge in [-0.25, -0.2) is 0 Å². The minimum absolute atomic E-state index is 0.239. The van der Waals surface area contributed by atoms with Gasteiger partial charge in [0.2, 0.25) is 5.91 Å². The second-order valence-corrected chi connectivity index (χ2v) is 5.86. The minimum Gasteiger partial charge on any atom is -0.352 e. The van der Waals surface area contributed by atoms with Crippen LogP contribution >= 0.6 is 11.6 Å². The normalized spacial score (nSPS) is 28.8. The first kappa shape index (κ1) is 12.0. The third kappa shape index (κ3) is 2.54. The number of carbonyl (C=O) groups excluding carboxylic acids is 1. The molecule has 0 radical (unpaired) electrons. The van der Waals surface area contributed by atoms with Crippen LogP contribution in [0.2, 0.25) is 0 Å². The van der Waals surface area contributed by atoms with E-state index in [0.717, 1.165) is 35.8 Å². The highest BCUT2D eigenvalue weighted by atomic mass is 35.5. The molecule has 2 unspecified atom stereocenters. The molecular formula is C15H18ClNO. The first-order valence-electron chi connectivity index (χ1n) is 6.67. The maximum Gasteiger partial charge on any atom is 0.223 e. The third-order valence-corrected chi connectivity index (χ3v) is 4.57. The van der Waals surface area contributed by atoms with Crippen molar-refractivity contribution in [2.75, 3.05) is 0 Å². The molecule has 2 fully saturated rings. The molecule has 96 valence electrons. The van der Waals surface area contributed by atoms with Crippen LogP contribution in [0.25, 0.3) is 0 Å². The van der Waals surface area contributed by atoms with Crippen LogP contribution in [-0.4, -0.2) is 5.91 Å². The number of carbonyl (C=O) groups is 1. The van der Waals surface area contributed by atoms with Gasteiger partial charge in [-0.3, -0.25) is 4.79 Å². The second kappa shape index (κ2) is 4.93. The van der Waals surface area contributed by atoms with Crippen LogP contribution < -0.4 is 5.32 Å². The van der Waals surface area contributed by atoms with Crippen LogP contribution in [0.5, 0.6) is 0 Å². The van der Waals surface area contributed by atoms with Crippen LogP contribution in [0.1, 0.15) is 30.4 Å². The molecule has 2 nitrogen and oxygen atoms in total. The van der Waals surface area contributed by atoms with E-state index in [-0.39, 0.29) is 11.8 Å². The average Bonchev–Trinajstić information content (AvgIpc) is 3.03. The lowest BCUT2D eigenvalue weighted by Crippen LogP contribution is -2.29. The van der Waals surface area contributed by atoms with Gasteiger partial charge in [0.15, 0.2) is 0 Å². The summed E-state index contributed by atoms with van der Waals surface area (Å²) in [6.07, 6.45) is 3.59. The number of rotatable bonds is 4. The Morgan fingerprint density at radius 1 is 1.11 bits per heavy atom. The standard InChI is InChI=1S/C15H18ClNO/c16-8-10-1-3-11(4-2-10)9-17-15(18)14-6-12-5-13(12)7-14/h1-4,12-14H,5-9H2,(H,17,18). The first-order valence-corrected chi connectivity index (χ1v) is 7.21. The number of hydrogen-bond donors (Lipinski definition) is 1. The van der Waals surface area contributed by atoms with Gasteiger partial charge in [0.25, 0.3) is 0 Å². The minimum atomic E-state index is 0.239. The summed E-state index contributed by atoms with van der Waals surface area (Å²) in [5, 5.41) is 3.05. The molecule has 1 amide bonds. The Bertz CT molecular complexity index is 432. The number of amides is 1. The van der Waals surface area contributed by atoms with Crippen molar-refractivity contribution in [3.63, 3.8) is 0 Å². The second-order valence-electron chi connectivity index (χ2n) is 5.59. The Balaban J connectivity index is 1.49. The highest BCUT2D eigenvalue weighted by molar-refractivity contribution is 6.17. The molecule has 0 aromatic heterocycles. The molecule has 0 heterocycles. The number of alkyl halides is 1. The van der Waals surface area contributed by atoms with Crippen molar-refractivity contribution in [1.29, 1.82) is 0 Å². The molecule has 0 bridgehead atoms. The van der Waals surface area contributed by atoms with E-state index in [4.69, 9.17) is 11.6 Å². The molecular weight excluding hydrogens is 246 g/mol. The zero-order valence-electron chi connectivity index (χ0n) is 10.4. The topological polar surface area (TPSA) is 29.1 Å². The molecule has 1 aromatic rings. The molecule has 0 spiro atoms. The van der Waals surface area contributed by atoms with E-state index < -0.39 is 0 Å². The highest BCUT2D eigenvalue weighted by Gasteiger charge is 2.47. The summed E-state index contributed by atoms with van der Waals surface area (Å²) in [7, 11) is 0. The Hall–Kier alpha value is -1.02. The third-order valence-electron chi connectivity index (χ3n) is 4.26. The van der Waals surface area contributed by atoms with Gasteiger partial charge in [-0.2, -0.15) is 0 Å². The van der Waals surface area contributed by atoms with Crippen LogP contribution in [0.4, 0.5) is 0 Å². The van der Waals surface area contributed by atoms with Gasteiger partial charge in [0, 0.05) is 18.3 Å². The van der Waals surface area contributed by atoms with E-state index >= 15 is 0 Å². The maximum absolute atomic E-state index is 12.0. The summed E-state index contributed by atoms with van der Waals surface area (Å²) in [6, 6.07) is 8.09. The number of nitrogens with one attached hydrogen (secondary N) is 1. The van der Waals surface area contributed by atoms with E-state index in [2.05, 4.69) is 5.32 Å². The smallest absolute Gasteiger partial charge is 0.223 e. The van der Waals surface area contributed by atoms with E-state index in [9.17, 15) is 4.79 Å². The zero-order valence-corrected chi connectivity index (χ0v) is 11.1. The number of benzene rings is 1. The molecule has 1 N–H and O–H groups in total. The summed E-state index contributed by atoms with van der Waals surface area (Å²) in [4.78, 5) is 12.0. The van der Waals surface area contributed by atoms with Gasteiger partial charge in [0.05, 0.1) is 0 Å². The lowest BCUT2D eigenvalue weighted by Gasteiger charge is -2.12. The highest BCUT2D eigenvalue weighted by Crippen LogP contribution is 2.54. The largest absolute Gasteiger partial charge is 0.352 e. The summed E-state index contributed by atoms with van der Waals surface area (Å²) in [5.74, 6) is 2.78. The van der Waals surface area contributed by atoms with Crippen molar-refractivity contribution in [2.24, 2.45) is 17.8 Å². The fraction of sp³-hybridized carbons (Fsp3) is 0.533. The molecule has 0 saturated heterocycles. The molecule has 3 rings (SSSR count). The lowest BCUT2D eigenvalue weighted by molar-refractivity contribution is -0.125. The monoisotopic (exact) mass is 263 g/mol. The molecule has 2 atom stereocenters. The van der Waals surface area contributed by atoms with Gasteiger partial charge in [-0.1, -0.05) is 24.3 Å². The van der Waals surface area contributed by atoms with E-state index in [1.165, 1.54) is 6.42 Å². The SMILES string of the molecule is O=C(NCc1ccc(CCl)cc1)C1CC2CC2C1. The maximum atomic E-state index is 12.0. The van der Waals surface area contributed by atoms with Crippen molar-refractivity contribution in [3.8, 4) is 0 Å². The predicted octanol–water partition coefficient (Wildman–Crippen LogP) is 3.09. The van der Waals surface area contributed by atoms with Crippen LogP contribution in [-0.2, 0) is 17.2 Å². The van der Waals surface area contributed by atoms with E-state index in [1.807, 2.05) is 24.3 Å². The van der Waals surface area contributed by atoms with E-state index in [0.29, 0.717) is 12.4 Å². The Morgan fingerprint density at radius 3 is 2.33 bits per heavy atom.